The molecule has 0 nitrogen and oxygen atoms in total. The van der Waals surface area contributed by atoms with Crippen LogP contribution in [0.25, 0.3) is 0 Å². The van der Waals surface area contributed by atoms with E-state index in [2.05, 4.69) is 62.3 Å². The van der Waals surface area contributed by atoms with Crippen molar-refractivity contribution in [1.29, 1.82) is 0 Å². The fourth-order valence-corrected chi connectivity index (χ4v) is 4.40. The normalized spacial score (nSPS) is 30.5. The van der Waals surface area contributed by atoms with Gasteiger partial charge in [-0.05, 0) is 27.4 Å². The molecule has 0 radical (unpaired) electrons. The van der Waals surface area contributed by atoms with Crippen molar-refractivity contribution in [2.24, 2.45) is 16.2 Å². The van der Waals surface area contributed by atoms with Gasteiger partial charge < -0.3 is 0 Å². The standard InChI is InChI=1S/C16H28Cl2/c1-13(2,3)10-11(14(4,5)6)16(18,12(10)17)15(7,8)9/h12H,1-9H3/t12-,16+/m1/s1. The van der Waals surface area contributed by atoms with Crippen molar-refractivity contribution in [3.8, 4) is 0 Å². The van der Waals surface area contributed by atoms with Gasteiger partial charge in [-0.1, -0.05) is 62.3 Å². The van der Waals surface area contributed by atoms with Crippen LogP contribution >= 0.6 is 23.2 Å². The molecule has 1 aliphatic carbocycles. The van der Waals surface area contributed by atoms with E-state index in [0.717, 1.165) is 0 Å². The number of hydrogen-bond donors (Lipinski definition) is 0. The van der Waals surface area contributed by atoms with Crippen LogP contribution in [0, 0.1) is 16.2 Å². The molecule has 0 bridgehead atoms. The van der Waals surface area contributed by atoms with Gasteiger partial charge in [0.2, 0.25) is 0 Å². The lowest BCUT2D eigenvalue weighted by Crippen LogP contribution is -2.60. The van der Waals surface area contributed by atoms with Gasteiger partial charge in [0, 0.05) is 0 Å². The van der Waals surface area contributed by atoms with Crippen molar-refractivity contribution in [3.63, 3.8) is 0 Å². The summed E-state index contributed by atoms with van der Waals surface area (Å²) in [5.41, 5.74) is 2.78. The Labute approximate surface area is 123 Å². The molecule has 0 unspecified atom stereocenters. The fraction of sp³-hybridized carbons (Fsp3) is 0.875. The first-order chi connectivity index (χ1) is 7.65. The lowest BCUT2D eigenvalue weighted by atomic mass is 9.53. The minimum Gasteiger partial charge on any atom is -0.116 e. The SMILES string of the molecule is CC(C)(C)C1=C(C(C)(C)C)[C@@](Cl)(C(C)(C)C)[C@@H]1Cl. The van der Waals surface area contributed by atoms with Crippen molar-refractivity contribution in [2.45, 2.75) is 72.6 Å². The molecular weight excluding hydrogens is 263 g/mol. The van der Waals surface area contributed by atoms with Crippen molar-refractivity contribution in [3.05, 3.63) is 11.1 Å². The predicted molar refractivity (Wildman–Crippen MR) is 83.6 cm³/mol. The van der Waals surface area contributed by atoms with E-state index in [1.165, 1.54) is 11.1 Å². The van der Waals surface area contributed by atoms with E-state index in [1.807, 2.05) is 0 Å². The van der Waals surface area contributed by atoms with Crippen LogP contribution in [-0.2, 0) is 0 Å². The molecule has 0 saturated heterocycles. The summed E-state index contributed by atoms with van der Waals surface area (Å²) in [5, 5.41) is -0.0756. The summed E-state index contributed by atoms with van der Waals surface area (Å²) in [6.07, 6.45) is 0. The Kier molecular flexibility index (Phi) is 3.78. The highest BCUT2D eigenvalue weighted by Crippen LogP contribution is 2.65. The summed E-state index contributed by atoms with van der Waals surface area (Å²) in [5.74, 6) is 0. The lowest BCUT2D eigenvalue weighted by molar-refractivity contribution is 0.214. The van der Waals surface area contributed by atoms with Crippen LogP contribution < -0.4 is 0 Å². The topological polar surface area (TPSA) is 0 Å². The molecule has 0 N–H and O–H groups in total. The van der Waals surface area contributed by atoms with E-state index >= 15 is 0 Å². The Hall–Kier alpha value is 0.320. The molecular formula is C16H28Cl2. The average Bonchev–Trinajstić information content (AvgIpc) is 2.05. The van der Waals surface area contributed by atoms with E-state index in [-0.39, 0.29) is 21.6 Å². The smallest absolute Gasteiger partial charge is 0.0912 e. The van der Waals surface area contributed by atoms with Crippen LogP contribution in [0.3, 0.4) is 0 Å². The zero-order valence-corrected chi connectivity index (χ0v) is 14.8. The summed E-state index contributed by atoms with van der Waals surface area (Å²) < 4.78 is 0. The van der Waals surface area contributed by atoms with Gasteiger partial charge in [-0.2, -0.15) is 0 Å². The Bertz CT molecular complexity index is 371. The highest BCUT2D eigenvalue weighted by molar-refractivity contribution is 6.38. The Morgan fingerprint density at radius 2 is 1.22 bits per heavy atom. The van der Waals surface area contributed by atoms with Crippen molar-refractivity contribution >= 4 is 23.2 Å². The van der Waals surface area contributed by atoms with Crippen LogP contribution in [0.5, 0.6) is 0 Å². The summed E-state index contributed by atoms with van der Waals surface area (Å²) >= 11 is 13.7. The fourth-order valence-electron chi connectivity index (χ4n) is 3.03. The summed E-state index contributed by atoms with van der Waals surface area (Å²) in [7, 11) is 0. The van der Waals surface area contributed by atoms with Gasteiger partial charge in [0.05, 0.1) is 10.3 Å². The van der Waals surface area contributed by atoms with Crippen LogP contribution in [0.1, 0.15) is 62.3 Å². The van der Waals surface area contributed by atoms with Gasteiger partial charge in [0.1, 0.15) is 0 Å². The van der Waals surface area contributed by atoms with E-state index in [0.29, 0.717) is 0 Å². The van der Waals surface area contributed by atoms with Gasteiger partial charge in [0.15, 0.2) is 0 Å². The van der Waals surface area contributed by atoms with Crippen LogP contribution in [0.15, 0.2) is 11.1 Å². The van der Waals surface area contributed by atoms with Crippen LogP contribution in [-0.4, -0.2) is 10.3 Å². The van der Waals surface area contributed by atoms with E-state index in [1.54, 1.807) is 0 Å². The largest absolute Gasteiger partial charge is 0.116 e. The maximum Gasteiger partial charge on any atom is 0.0912 e. The molecule has 0 aromatic heterocycles. The van der Waals surface area contributed by atoms with E-state index in [9.17, 15) is 0 Å². The van der Waals surface area contributed by atoms with Gasteiger partial charge >= 0.3 is 0 Å². The maximum atomic E-state index is 7.00. The molecule has 0 aromatic carbocycles. The molecule has 0 aliphatic heterocycles. The highest BCUT2D eigenvalue weighted by Gasteiger charge is 2.62. The van der Waals surface area contributed by atoms with Gasteiger partial charge in [-0.3, -0.25) is 0 Å². The maximum absolute atomic E-state index is 7.00. The third kappa shape index (κ3) is 2.24. The van der Waals surface area contributed by atoms with Crippen molar-refractivity contribution in [2.75, 3.05) is 0 Å². The summed E-state index contributed by atoms with van der Waals surface area (Å²) in [4.78, 5) is -0.435. The molecule has 0 fully saturated rings. The quantitative estimate of drug-likeness (QED) is 0.378. The molecule has 0 amide bonds. The molecule has 0 spiro atoms. The second kappa shape index (κ2) is 4.16. The number of allylic oxidation sites excluding steroid dienone is 2. The van der Waals surface area contributed by atoms with Crippen molar-refractivity contribution < 1.29 is 0 Å². The van der Waals surface area contributed by atoms with Gasteiger partial charge in [-0.25, -0.2) is 0 Å². The van der Waals surface area contributed by atoms with Crippen LogP contribution in [0.2, 0.25) is 0 Å². The summed E-state index contributed by atoms with van der Waals surface area (Å²) in [6, 6.07) is 0. The Morgan fingerprint density at radius 1 is 0.833 bits per heavy atom. The zero-order chi connectivity index (χ0) is 14.7. The first kappa shape index (κ1) is 16.4. The third-order valence-corrected chi connectivity index (χ3v) is 5.52. The Balaban J connectivity index is 3.52. The third-order valence-electron chi connectivity index (χ3n) is 3.89. The second-order valence-corrected chi connectivity index (χ2v) is 9.65. The number of hydrogen-bond acceptors (Lipinski definition) is 0. The van der Waals surface area contributed by atoms with Gasteiger partial charge in [0.25, 0.3) is 0 Å². The monoisotopic (exact) mass is 290 g/mol. The highest BCUT2D eigenvalue weighted by atomic mass is 35.5. The number of halogens is 2. The first-order valence-corrected chi connectivity index (χ1v) is 7.55. The predicted octanol–water partition coefficient (Wildman–Crippen LogP) is 6.02. The Morgan fingerprint density at radius 3 is 1.44 bits per heavy atom. The molecule has 0 saturated carbocycles. The minimum absolute atomic E-state index is 0.0433. The lowest BCUT2D eigenvalue weighted by Gasteiger charge is -2.60. The minimum atomic E-state index is -0.435. The van der Waals surface area contributed by atoms with Crippen molar-refractivity contribution in [1.82, 2.24) is 0 Å². The molecule has 0 heterocycles. The summed E-state index contributed by atoms with van der Waals surface area (Å²) in [6.45, 7) is 19.9. The average molecular weight is 291 g/mol. The number of rotatable bonds is 0. The molecule has 106 valence electrons. The second-order valence-electron chi connectivity index (χ2n) is 8.61. The molecule has 0 aromatic rings. The molecule has 2 atom stereocenters. The van der Waals surface area contributed by atoms with E-state index in [4.69, 9.17) is 23.2 Å². The zero-order valence-electron chi connectivity index (χ0n) is 13.3. The van der Waals surface area contributed by atoms with Crippen LogP contribution in [0.4, 0.5) is 0 Å². The van der Waals surface area contributed by atoms with Gasteiger partial charge in [-0.15, -0.1) is 23.2 Å². The number of alkyl halides is 2. The molecule has 1 aliphatic rings. The molecule has 1 rings (SSSR count). The molecule has 2 heteroatoms. The van der Waals surface area contributed by atoms with E-state index < -0.39 is 4.87 Å². The molecule has 18 heavy (non-hydrogen) atoms. The first-order valence-electron chi connectivity index (χ1n) is 6.73.